The predicted octanol–water partition coefficient (Wildman–Crippen LogP) is 5.01. The summed E-state index contributed by atoms with van der Waals surface area (Å²) in [6.45, 7) is 11.0. The topological polar surface area (TPSA) is 101 Å². The number of rotatable bonds is 17. The highest BCUT2D eigenvalue weighted by atomic mass is 32.1. The molecule has 0 bridgehead atoms. The molecule has 4 N–H and O–H groups in total. The van der Waals surface area contributed by atoms with Crippen LogP contribution in [-0.4, -0.2) is 48.3 Å². The van der Waals surface area contributed by atoms with Crippen LogP contribution in [0.3, 0.4) is 0 Å². The van der Waals surface area contributed by atoms with E-state index in [-0.39, 0.29) is 24.0 Å². The maximum atomic E-state index is 12.5. The van der Waals surface area contributed by atoms with E-state index < -0.39 is 5.41 Å². The van der Waals surface area contributed by atoms with E-state index >= 15 is 0 Å². The normalized spacial score (nSPS) is 11.2. The molecule has 2 rings (SSSR count). The van der Waals surface area contributed by atoms with E-state index in [0.29, 0.717) is 55.9 Å². The number of hydrogen-bond acceptors (Lipinski definition) is 6. The molecular weight excluding hydrogens is 569 g/mol. The van der Waals surface area contributed by atoms with Gasteiger partial charge in [0.15, 0.2) is 10.2 Å². The van der Waals surface area contributed by atoms with Crippen molar-refractivity contribution in [2.24, 2.45) is 10.8 Å². The monoisotopic (exact) mass is 614 g/mol. The molecule has 230 valence electrons. The Morgan fingerprint density at radius 1 is 0.667 bits per heavy atom. The molecule has 0 spiro atoms. The van der Waals surface area contributed by atoms with E-state index in [1.165, 1.54) is 0 Å². The standard InChI is InChI=1S/C32H46N4O4S2/c1-31(2,22-27(37)39-23-25-12-7-5-8-13-25)16-20-35-29(41)33-18-11-19-34-30(42)36-21-17-32(3,4)28(38)40-24-26-14-9-6-10-15-26/h5-10,12-15H,11,16-24H2,1-4H3,(H2,33,35,41)(H2,34,36,42). The summed E-state index contributed by atoms with van der Waals surface area (Å²) in [6.07, 6.45) is 2.53. The van der Waals surface area contributed by atoms with Gasteiger partial charge in [0, 0.05) is 26.2 Å². The minimum atomic E-state index is -0.620. The Labute approximate surface area is 261 Å². The third-order valence-electron chi connectivity index (χ3n) is 6.68. The van der Waals surface area contributed by atoms with Crippen molar-refractivity contribution in [2.75, 3.05) is 26.2 Å². The third kappa shape index (κ3) is 15.1. The maximum Gasteiger partial charge on any atom is 0.311 e. The van der Waals surface area contributed by atoms with Crippen molar-refractivity contribution in [3.05, 3.63) is 71.8 Å². The van der Waals surface area contributed by atoms with Crippen LogP contribution in [-0.2, 0) is 32.3 Å². The Bertz CT molecular complexity index is 1130. The smallest absolute Gasteiger partial charge is 0.311 e. The fourth-order valence-electron chi connectivity index (χ4n) is 3.91. The first-order valence-electron chi connectivity index (χ1n) is 14.4. The molecule has 0 amide bonds. The molecule has 0 atom stereocenters. The molecule has 10 heteroatoms. The van der Waals surface area contributed by atoms with Crippen LogP contribution >= 0.6 is 24.4 Å². The highest BCUT2D eigenvalue weighted by molar-refractivity contribution is 7.80. The molecule has 2 aromatic rings. The van der Waals surface area contributed by atoms with Crippen LogP contribution in [0.2, 0.25) is 0 Å². The zero-order valence-corrected chi connectivity index (χ0v) is 26.9. The van der Waals surface area contributed by atoms with Crippen LogP contribution in [0.1, 0.15) is 64.5 Å². The average molecular weight is 615 g/mol. The molecule has 0 unspecified atom stereocenters. The number of thiocarbonyl (C=S) groups is 2. The molecule has 0 saturated carbocycles. The van der Waals surface area contributed by atoms with E-state index in [2.05, 4.69) is 35.1 Å². The van der Waals surface area contributed by atoms with Gasteiger partial charge >= 0.3 is 11.9 Å². The quantitative estimate of drug-likeness (QED) is 0.111. The van der Waals surface area contributed by atoms with Gasteiger partial charge in [0.25, 0.3) is 0 Å². The lowest BCUT2D eigenvalue weighted by atomic mass is 9.86. The SMILES string of the molecule is CC(C)(CCNC(=S)NCCCNC(=S)NCCC(C)(C)C(=O)OCc1ccccc1)CC(=O)OCc1ccccc1. The zero-order chi connectivity index (χ0) is 30.8. The van der Waals surface area contributed by atoms with Crippen molar-refractivity contribution in [1.82, 2.24) is 21.3 Å². The van der Waals surface area contributed by atoms with Crippen LogP contribution in [0.15, 0.2) is 60.7 Å². The maximum absolute atomic E-state index is 12.5. The number of nitrogens with one attached hydrogen (secondary N) is 4. The molecule has 0 aromatic heterocycles. The van der Waals surface area contributed by atoms with Gasteiger partial charge in [-0.2, -0.15) is 0 Å². The molecule has 8 nitrogen and oxygen atoms in total. The van der Waals surface area contributed by atoms with E-state index in [4.69, 9.17) is 33.9 Å². The van der Waals surface area contributed by atoms with E-state index in [0.717, 1.165) is 24.0 Å². The molecule has 0 heterocycles. The van der Waals surface area contributed by atoms with Crippen LogP contribution in [0, 0.1) is 10.8 Å². The lowest BCUT2D eigenvalue weighted by molar-refractivity contribution is -0.155. The molecule has 0 radical (unpaired) electrons. The number of carbonyl (C=O) groups is 2. The van der Waals surface area contributed by atoms with Gasteiger partial charge in [0.2, 0.25) is 0 Å². The Hall–Kier alpha value is -3.24. The molecule has 2 aromatic carbocycles. The fourth-order valence-corrected chi connectivity index (χ4v) is 4.32. The van der Waals surface area contributed by atoms with Gasteiger partial charge in [-0.3, -0.25) is 9.59 Å². The lowest BCUT2D eigenvalue weighted by Gasteiger charge is -2.24. The summed E-state index contributed by atoms with van der Waals surface area (Å²) in [5.41, 5.74) is 1.12. The summed E-state index contributed by atoms with van der Waals surface area (Å²) in [5, 5.41) is 13.9. The van der Waals surface area contributed by atoms with Gasteiger partial charge in [-0.05, 0) is 74.1 Å². The number of esters is 2. The first-order chi connectivity index (χ1) is 20.0. The Morgan fingerprint density at radius 2 is 1.12 bits per heavy atom. The van der Waals surface area contributed by atoms with Crippen molar-refractivity contribution in [1.29, 1.82) is 0 Å². The highest BCUT2D eigenvalue weighted by Gasteiger charge is 2.29. The highest BCUT2D eigenvalue weighted by Crippen LogP contribution is 2.25. The minimum absolute atomic E-state index is 0.200. The number of ether oxygens (including phenoxy) is 2. The largest absolute Gasteiger partial charge is 0.461 e. The summed E-state index contributed by atoms with van der Waals surface area (Å²) in [4.78, 5) is 24.8. The van der Waals surface area contributed by atoms with Gasteiger partial charge < -0.3 is 30.7 Å². The van der Waals surface area contributed by atoms with Gasteiger partial charge in [-0.15, -0.1) is 0 Å². The summed E-state index contributed by atoms with van der Waals surface area (Å²) >= 11 is 10.7. The predicted molar refractivity (Wildman–Crippen MR) is 176 cm³/mol. The zero-order valence-electron chi connectivity index (χ0n) is 25.3. The van der Waals surface area contributed by atoms with Gasteiger partial charge in [0.1, 0.15) is 13.2 Å². The van der Waals surface area contributed by atoms with Crippen LogP contribution in [0.4, 0.5) is 0 Å². The summed E-state index contributed by atoms with van der Waals surface area (Å²) in [5.74, 6) is -0.429. The molecule has 42 heavy (non-hydrogen) atoms. The van der Waals surface area contributed by atoms with Gasteiger partial charge in [-0.25, -0.2) is 0 Å². The Morgan fingerprint density at radius 3 is 1.64 bits per heavy atom. The Kier molecular flexibility index (Phi) is 15.3. The van der Waals surface area contributed by atoms with E-state index in [9.17, 15) is 9.59 Å². The molecular formula is C32H46N4O4S2. The summed E-state index contributed by atoms with van der Waals surface area (Å²) in [7, 11) is 0. The van der Waals surface area contributed by atoms with Gasteiger partial charge in [-0.1, -0.05) is 74.5 Å². The Balaban J connectivity index is 1.49. The molecule has 0 aliphatic rings. The molecule has 0 fully saturated rings. The van der Waals surface area contributed by atoms with Crippen molar-refractivity contribution >= 4 is 46.6 Å². The summed E-state index contributed by atoms with van der Waals surface area (Å²) < 4.78 is 10.9. The molecule has 0 aliphatic carbocycles. The van der Waals surface area contributed by atoms with Crippen molar-refractivity contribution in [3.63, 3.8) is 0 Å². The average Bonchev–Trinajstić information content (AvgIpc) is 2.95. The number of hydrogen-bond donors (Lipinski definition) is 4. The third-order valence-corrected chi connectivity index (χ3v) is 7.26. The van der Waals surface area contributed by atoms with Crippen molar-refractivity contribution in [3.8, 4) is 0 Å². The molecule has 0 aliphatic heterocycles. The lowest BCUT2D eigenvalue weighted by Crippen LogP contribution is -2.41. The van der Waals surface area contributed by atoms with Crippen LogP contribution in [0.5, 0.6) is 0 Å². The first-order valence-corrected chi connectivity index (χ1v) is 15.2. The van der Waals surface area contributed by atoms with Gasteiger partial charge in [0.05, 0.1) is 11.8 Å². The van der Waals surface area contributed by atoms with Crippen LogP contribution in [0.25, 0.3) is 0 Å². The fraction of sp³-hybridized carbons (Fsp3) is 0.500. The first kappa shape index (κ1) is 35.0. The van der Waals surface area contributed by atoms with E-state index in [1.807, 2.05) is 74.5 Å². The second-order valence-electron chi connectivity index (χ2n) is 11.7. The second-order valence-corrected chi connectivity index (χ2v) is 12.5. The second kappa shape index (κ2) is 18.3. The van der Waals surface area contributed by atoms with Crippen molar-refractivity contribution in [2.45, 2.75) is 66.6 Å². The van der Waals surface area contributed by atoms with E-state index in [1.54, 1.807) is 0 Å². The minimum Gasteiger partial charge on any atom is -0.461 e. The number of benzene rings is 2. The van der Waals surface area contributed by atoms with Crippen molar-refractivity contribution < 1.29 is 19.1 Å². The summed E-state index contributed by atoms with van der Waals surface area (Å²) in [6, 6.07) is 19.3. The number of carbonyl (C=O) groups excluding carboxylic acids is 2. The molecule has 0 saturated heterocycles. The van der Waals surface area contributed by atoms with Crippen LogP contribution < -0.4 is 21.3 Å².